The largest absolute Gasteiger partial charge is 0.362 e. The maximum atomic E-state index is 12.5. The molecule has 64 valence electrons. The summed E-state index contributed by atoms with van der Waals surface area (Å²) in [5.41, 5.74) is 0. The van der Waals surface area contributed by atoms with Gasteiger partial charge in [-0.25, -0.2) is 0 Å². The van der Waals surface area contributed by atoms with E-state index in [-0.39, 0.29) is 0 Å². The summed E-state index contributed by atoms with van der Waals surface area (Å²) in [7, 11) is 0. The summed E-state index contributed by atoms with van der Waals surface area (Å²) in [5.74, 6) is -7.32. The summed E-state index contributed by atoms with van der Waals surface area (Å²) in [6.45, 7) is 3.37. The Hall–Kier alpha value is -0.800. The van der Waals surface area contributed by atoms with Gasteiger partial charge in [-0.05, 0) is 0 Å². The van der Waals surface area contributed by atoms with E-state index in [0.717, 1.165) is 0 Å². The summed E-state index contributed by atoms with van der Waals surface area (Å²) in [4.78, 5) is 20.9. The zero-order valence-corrected chi connectivity index (χ0v) is 6.65. The van der Waals surface area contributed by atoms with Gasteiger partial charge in [-0.2, -0.15) is 8.78 Å². The molecule has 0 atom stereocenters. The van der Waals surface area contributed by atoms with Crippen LogP contribution in [0.1, 0.15) is 20.8 Å². The number of Topliss-reactive ketones (excluding diaryl/α,β-unsaturated/α-hetero) is 2. The second kappa shape index (κ2) is 3.07. The van der Waals surface area contributed by atoms with E-state index in [1.807, 2.05) is 0 Å². The Labute approximate surface area is 63.6 Å². The predicted octanol–water partition coefficient (Wildman–Crippen LogP) is 1.44. The Balaban J connectivity index is 4.56. The molecule has 0 fully saturated rings. The fraction of sp³-hybridized carbons (Fsp3) is 0.714. The molecule has 0 heterocycles. The molecule has 11 heavy (non-hydrogen) atoms. The first kappa shape index (κ1) is 10.2. The molecule has 0 aromatic heterocycles. The highest BCUT2D eigenvalue weighted by Crippen LogP contribution is 2.20. The molecule has 0 aromatic carbocycles. The van der Waals surface area contributed by atoms with Gasteiger partial charge in [-0.3, -0.25) is 9.59 Å². The highest BCUT2D eigenvalue weighted by atomic mass is 19.3. The summed E-state index contributed by atoms with van der Waals surface area (Å²) < 4.78 is 25.0. The minimum absolute atomic E-state index is 0.709. The van der Waals surface area contributed by atoms with E-state index < -0.39 is 23.4 Å². The second-order valence-corrected chi connectivity index (χ2v) is 2.65. The van der Waals surface area contributed by atoms with Crippen molar-refractivity contribution < 1.29 is 18.4 Å². The molecule has 0 saturated carbocycles. The number of alkyl halides is 2. The standard InChI is InChI=1S/C7H10F2O2/c1-4(2)6(11)7(8,9)5(3)10/h4H,1-3H3. The lowest BCUT2D eigenvalue weighted by Crippen LogP contribution is -2.38. The molecular weight excluding hydrogens is 154 g/mol. The van der Waals surface area contributed by atoms with Gasteiger partial charge in [0.05, 0.1) is 0 Å². The SMILES string of the molecule is CC(=O)C(F)(F)C(=O)C(C)C. The molecule has 2 nitrogen and oxygen atoms in total. The van der Waals surface area contributed by atoms with Gasteiger partial charge in [0, 0.05) is 12.8 Å². The normalized spacial score (nSPS) is 11.8. The zero-order valence-electron chi connectivity index (χ0n) is 6.65. The Morgan fingerprint density at radius 2 is 1.64 bits per heavy atom. The molecule has 0 bridgehead atoms. The van der Waals surface area contributed by atoms with E-state index in [2.05, 4.69) is 0 Å². The van der Waals surface area contributed by atoms with Crippen LogP contribution in [-0.4, -0.2) is 17.5 Å². The van der Waals surface area contributed by atoms with Crippen LogP contribution in [0.5, 0.6) is 0 Å². The van der Waals surface area contributed by atoms with E-state index in [9.17, 15) is 18.4 Å². The van der Waals surface area contributed by atoms with Gasteiger partial charge in [-0.1, -0.05) is 13.8 Å². The van der Waals surface area contributed by atoms with Crippen molar-refractivity contribution >= 4 is 11.6 Å². The van der Waals surface area contributed by atoms with E-state index >= 15 is 0 Å². The van der Waals surface area contributed by atoms with Crippen LogP contribution < -0.4 is 0 Å². The highest BCUT2D eigenvalue weighted by Gasteiger charge is 2.44. The summed E-state index contributed by atoms with van der Waals surface area (Å²) in [6.07, 6.45) is 0. The Kier molecular flexibility index (Phi) is 2.84. The highest BCUT2D eigenvalue weighted by molar-refractivity contribution is 6.08. The molecule has 0 N–H and O–H groups in total. The maximum Gasteiger partial charge on any atom is 0.362 e. The molecule has 0 spiro atoms. The van der Waals surface area contributed by atoms with E-state index in [1.165, 1.54) is 13.8 Å². The molecule has 4 heteroatoms. The smallest absolute Gasteiger partial charge is 0.293 e. The van der Waals surface area contributed by atoms with Gasteiger partial charge in [0.2, 0.25) is 11.6 Å². The van der Waals surface area contributed by atoms with Gasteiger partial charge < -0.3 is 0 Å². The topological polar surface area (TPSA) is 34.1 Å². The van der Waals surface area contributed by atoms with Crippen LogP contribution in [0, 0.1) is 5.92 Å². The van der Waals surface area contributed by atoms with Crippen LogP contribution in [-0.2, 0) is 9.59 Å². The molecule has 0 rings (SSSR count). The molecule has 0 radical (unpaired) electrons. The van der Waals surface area contributed by atoms with Crippen molar-refractivity contribution in [2.75, 3.05) is 0 Å². The number of ketones is 2. The first-order chi connectivity index (χ1) is 4.80. The molecule has 0 aromatic rings. The minimum Gasteiger partial charge on any atom is -0.293 e. The van der Waals surface area contributed by atoms with Crippen LogP contribution in [0.2, 0.25) is 0 Å². The number of hydrogen-bond donors (Lipinski definition) is 0. The average molecular weight is 164 g/mol. The van der Waals surface area contributed by atoms with Crippen molar-refractivity contribution in [3.63, 3.8) is 0 Å². The fourth-order valence-corrected chi connectivity index (χ4v) is 0.536. The monoisotopic (exact) mass is 164 g/mol. The van der Waals surface area contributed by atoms with Gasteiger partial charge in [0.15, 0.2) is 0 Å². The van der Waals surface area contributed by atoms with Crippen molar-refractivity contribution in [1.29, 1.82) is 0 Å². The van der Waals surface area contributed by atoms with Gasteiger partial charge in [-0.15, -0.1) is 0 Å². The third-order valence-electron chi connectivity index (χ3n) is 1.28. The van der Waals surface area contributed by atoms with Crippen molar-refractivity contribution in [2.45, 2.75) is 26.7 Å². The summed E-state index contributed by atoms with van der Waals surface area (Å²) in [6, 6.07) is 0. The van der Waals surface area contributed by atoms with Crippen LogP contribution in [0.3, 0.4) is 0 Å². The third kappa shape index (κ3) is 2.06. The minimum atomic E-state index is -3.80. The van der Waals surface area contributed by atoms with Gasteiger partial charge in [0.1, 0.15) is 0 Å². The average Bonchev–Trinajstić information content (AvgIpc) is 1.85. The zero-order chi connectivity index (χ0) is 9.23. The Morgan fingerprint density at radius 1 is 1.27 bits per heavy atom. The number of carbonyl (C=O) groups is 2. The molecule has 0 amide bonds. The lowest BCUT2D eigenvalue weighted by molar-refractivity contribution is -0.157. The lowest BCUT2D eigenvalue weighted by atomic mass is 10.0. The Bertz CT molecular complexity index is 185. The van der Waals surface area contributed by atoms with Crippen LogP contribution >= 0.6 is 0 Å². The van der Waals surface area contributed by atoms with Gasteiger partial charge in [0.25, 0.3) is 0 Å². The number of halogens is 2. The fourth-order valence-electron chi connectivity index (χ4n) is 0.536. The van der Waals surface area contributed by atoms with Crippen LogP contribution in [0.25, 0.3) is 0 Å². The molecule has 0 saturated heterocycles. The van der Waals surface area contributed by atoms with Crippen molar-refractivity contribution in [1.82, 2.24) is 0 Å². The van der Waals surface area contributed by atoms with E-state index in [0.29, 0.717) is 6.92 Å². The van der Waals surface area contributed by atoms with Crippen molar-refractivity contribution in [3.05, 3.63) is 0 Å². The van der Waals surface area contributed by atoms with E-state index in [1.54, 1.807) is 0 Å². The first-order valence-electron chi connectivity index (χ1n) is 3.23. The molecule has 0 aliphatic rings. The predicted molar refractivity (Wildman–Crippen MR) is 35.5 cm³/mol. The van der Waals surface area contributed by atoms with Crippen LogP contribution in [0.15, 0.2) is 0 Å². The summed E-state index contributed by atoms with van der Waals surface area (Å²) in [5, 5.41) is 0. The van der Waals surface area contributed by atoms with Crippen molar-refractivity contribution in [3.8, 4) is 0 Å². The first-order valence-corrected chi connectivity index (χ1v) is 3.23. The number of rotatable bonds is 3. The third-order valence-corrected chi connectivity index (χ3v) is 1.28. The van der Waals surface area contributed by atoms with Gasteiger partial charge >= 0.3 is 5.92 Å². The quantitative estimate of drug-likeness (QED) is 0.591. The summed E-state index contributed by atoms with van der Waals surface area (Å²) >= 11 is 0. The molecule has 0 aliphatic heterocycles. The number of carbonyl (C=O) groups excluding carboxylic acids is 2. The molecular formula is C7H10F2O2. The van der Waals surface area contributed by atoms with Crippen LogP contribution in [0.4, 0.5) is 8.78 Å². The van der Waals surface area contributed by atoms with Crippen molar-refractivity contribution in [2.24, 2.45) is 5.92 Å². The Morgan fingerprint density at radius 3 is 1.73 bits per heavy atom. The molecule has 0 unspecified atom stereocenters. The maximum absolute atomic E-state index is 12.5. The number of hydrogen-bond acceptors (Lipinski definition) is 2. The lowest BCUT2D eigenvalue weighted by Gasteiger charge is -2.12. The second-order valence-electron chi connectivity index (χ2n) is 2.65. The molecule has 0 aliphatic carbocycles. The van der Waals surface area contributed by atoms with E-state index in [4.69, 9.17) is 0 Å².